The molecule has 0 saturated carbocycles. The molecule has 2 aromatic heterocycles. The topological polar surface area (TPSA) is 58.4 Å². The lowest BCUT2D eigenvalue weighted by atomic mass is 10.0. The predicted octanol–water partition coefficient (Wildman–Crippen LogP) is 3.74. The van der Waals surface area contributed by atoms with Gasteiger partial charge in [0.15, 0.2) is 0 Å². The van der Waals surface area contributed by atoms with Gasteiger partial charge in [0, 0.05) is 42.7 Å². The average Bonchev–Trinajstić information content (AvgIpc) is 3.22. The van der Waals surface area contributed by atoms with Crippen LogP contribution >= 0.6 is 0 Å². The van der Waals surface area contributed by atoms with E-state index >= 15 is 0 Å². The molecule has 0 aliphatic carbocycles. The van der Waals surface area contributed by atoms with Crippen molar-refractivity contribution in [3.63, 3.8) is 0 Å². The second-order valence-electron chi connectivity index (χ2n) is 6.82. The summed E-state index contributed by atoms with van der Waals surface area (Å²) in [5, 5.41) is 3.56. The quantitative estimate of drug-likeness (QED) is 0.752. The van der Waals surface area contributed by atoms with Crippen molar-refractivity contribution in [3.05, 3.63) is 78.3 Å². The van der Waals surface area contributed by atoms with Gasteiger partial charge in [0.05, 0.1) is 6.54 Å². The van der Waals surface area contributed by atoms with Crippen molar-refractivity contribution in [2.45, 2.75) is 25.4 Å². The summed E-state index contributed by atoms with van der Waals surface area (Å²) in [5.74, 6) is 1.92. The largest absolute Gasteiger partial charge is 0.460 e. The molecule has 0 atom stereocenters. The van der Waals surface area contributed by atoms with Crippen LogP contribution in [0.25, 0.3) is 11.3 Å². The molecule has 3 heterocycles. The van der Waals surface area contributed by atoms with E-state index in [0.717, 1.165) is 43.0 Å². The van der Waals surface area contributed by atoms with Gasteiger partial charge in [0.25, 0.3) is 5.91 Å². The van der Waals surface area contributed by atoms with Gasteiger partial charge in [-0.1, -0.05) is 30.3 Å². The van der Waals surface area contributed by atoms with Gasteiger partial charge in [0.1, 0.15) is 11.5 Å². The zero-order valence-corrected chi connectivity index (χ0v) is 15.2. The Bertz CT molecular complexity index is 869. The van der Waals surface area contributed by atoms with E-state index in [1.165, 1.54) is 0 Å². The summed E-state index contributed by atoms with van der Waals surface area (Å²) in [7, 11) is 0. The van der Waals surface area contributed by atoms with E-state index in [9.17, 15) is 4.79 Å². The van der Waals surface area contributed by atoms with Gasteiger partial charge in [-0.25, -0.2) is 0 Å². The molecule has 0 bridgehead atoms. The van der Waals surface area contributed by atoms with Crippen LogP contribution in [0.4, 0.5) is 0 Å². The van der Waals surface area contributed by atoms with Gasteiger partial charge in [0.2, 0.25) is 0 Å². The summed E-state index contributed by atoms with van der Waals surface area (Å²) in [6, 6.07) is 18.1. The fraction of sp³-hybridized carbons (Fsp3) is 0.273. The van der Waals surface area contributed by atoms with Crippen molar-refractivity contribution in [2.24, 2.45) is 0 Å². The first-order chi connectivity index (χ1) is 13.3. The van der Waals surface area contributed by atoms with Gasteiger partial charge in [-0.2, -0.15) is 0 Å². The van der Waals surface area contributed by atoms with E-state index in [0.29, 0.717) is 18.2 Å². The highest BCUT2D eigenvalue weighted by molar-refractivity contribution is 5.94. The number of hydrogen-bond acceptors (Lipinski definition) is 4. The highest BCUT2D eigenvalue weighted by atomic mass is 16.3. The maximum absolute atomic E-state index is 12.5. The Kier molecular flexibility index (Phi) is 5.30. The molecular formula is C22H23N3O2. The summed E-state index contributed by atoms with van der Waals surface area (Å²) in [5.41, 5.74) is 1.80. The highest BCUT2D eigenvalue weighted by Gasteiger charge is 2.23. The number of carbonyl (C=O) groups is 1. The van der Waals surface area contributed by atoms with Gasteiger partial charge in [-0.15, -0.1) is 0 Å². The van der Waals surface area contributed by atoms with Crippen LogP contribution in [0.3, 0.4) is 0 Å². The van der Waals surface area contributed by atoms with E-state index in [-0.39, 0.29) is 5.91 Å². The molecule has 1 aromatic carbocycles. The predicted molar refractivity (Wildman–Crippen MR) is 104 cm³/mol. The molecule has 0 radical (unpaired) electrons. The van der Waals surface area contributed by atoms with Crippen LogP contribution in [-0.4, -0.2) is 34.9 Å². The number of aromatic nitrogens is 1. The van der Waals surface area contributed by atoms with E-state index in [1.807, 2.05) is 47.4 Å². The molecule has 5 heteroatoms. The molecule has 5 nitrogen and oxygen atoms in total. The molecule has 1 aliphatic heterocycles. The fourth-order valence-electron chi connectivity index (χ4n) is 3.44. The molecular weight excluding hydrogens is 338 g/mol. The maximum atomic E-state index is 12.5. The van der Waals surface area contributed by atoms with Crippen LogP contribution in [0.15, 0.2) is 71.4 Å². The Balaban J connectivity index is 1.27. The van der Waals surface area contributed by atoms with Gasteiger partial charge >= 0.3 is 0 Å². The third-order valence-corrected chi connectivity index (χ3v) is 4.99. The number of carbonyl (C=O) groups excluding carboxylic acids is 1. The number of hydrogen-bond donors (Lipinski definition) is 1. The third kappa shape index (κ3) is 4.26. The van der Waals surface area contributed by atoms with Crippen LogP contribution in [0.1, 0.15) is 29.0 Å². The van der Waals surface area contributed by atoms with Crippen molar-refractivity contribution in [1.29, 1.82) is 0 Å². The Hall–Kier alpha value is -2.92. The number of nitrogens with one attached hydrogen (secondary N) is 1. The zero-order valence-electron chi connectivity index (χ0n) is 15.2. The lowest BCUT2D eigenvalue weighted by Gasteiger charge is -2.32. The van der Waals surface area contributed by atoms with E-state index in [4.69, 9.17) is 4.42 Å². The fourth-order valence-corrected chi connectivity index (χ4v) is 3.44. The van der Waals surface area contributed by atoms with Crippen LogP contribution in [0.5, 0.6) is 0 Å². The molecule has 1 amide bonds. The molecule has 27 heavy (non-hydrogen) atoms. The lowest BCUT2D eigenvalue weighted by molar-refractivity contribution is 0.0704. The minimum Gasteiger partial charge on any atom is -0.460 e. The average molecular weight is 361 g/mol. The second kappa shape index (κ2) is 8.18. The third-order valence-electron chi connectivity index (χ3n) is 4.99. The van der Waals surface area contributed by atoms with E-state index in [1.54, 1.807) is 24.5 Å². The Morgan fingerprint density at radius 3 is 2.52 bits per heavy atom. The van der Waals surface area contributed by atoms with E-state index < -0.39 is 0 Å². The lowest BCUT2D eigenvalue weighted by Crippen LogP contribution is -2.44. The molecule has 1 fully saturated rings. The molecule has 1 saturated heterocycles. The van der Waals surface area contributed by atoms with Crippen LogP contribution in [-0.2, 0) is 6.54 Å². The number of furan rings is 1. The number of nitrogens with zero attached hydrogens (tertiary/aromatic N) is 2. The van der Waals surface area contributed by atoms with Crippen molar-refractivity contribution >= 4 is 5.91 Å². The summed E-state index contributed by atoms with van der Waals surface area (Å²) in [6.45, 7) is 2.24. The number of pyridine rings is 1. The minimum atomic E-state index is 0.0920. The van der Waals surface area contributed by atoms with Crippen molar-refractivity contribution in [3.8, 4) is 11.3 Å². The number of amides is 1. The van der Waals surface area contributed by atoms with Gasteiger partial charge in [-0.05, 0) is 37.1 Å². The number of benzene rings is 1. The van der Waals surface area contributed by atoms with Gasteiger partial charge in [-0.3, -0.25) is 9.78 Å². The first kappa shape index (κ1) is 17.5. The highest BCUT2D eigenvalue weighted by Crippen LogP contribution is 2.22. The number of likely N-dealkylation sites (tertiary alicyclic amines) is 1. The van der Waals surface area contributed by atoms with Crippen molar-refractivity contribution in [2.75, 3.05) is 13.1 Å². The SMILES string of the molecule is O=C(c1ccncc1)N1CCC(NCc2ccc(-c3ccccc3)o2)CC1. The summed E-state index contributed by atoms with van der Waals surface area (Å²) in [6.07, 6.45) is 5.22. The normalized spacial score (nSPS) is 15.0. The standard InChI is InChI=1S/C22H23N3O2/c26-22(18-8-12-23-13-9-18)25-14-10-19(11-15-25)24-16-20-6-7-21(27-20)17-4-2-1-3-5-17/h1-9,12-13,19,24H,10-11,14-16H2. The Labute approximate surface area is 159 Å². The summed E-state index contributed by atoms with van der Waals surface area (Å²) >= 11 is 0. The Morgan fingerprint density at radius 1 is 1.04 bits per heavy atom. The molecule has 1 N–H and O–H groups in total. The number of rotatable bonds is 5. The molecule has 0 unspecified atom stereocenters. The zero-order chi connectivity index (χ0) is 18.5. The van der Waals surface area contributed by atoms with E-state index in [2.05, 4.69) is 10.3 Å². The summed E-state index contributed by atoms with van der Waals surface area (Å²) < 4.78 is 5.94. The molecule has 3 aromatic rings. The smallest absolute Gasteiger partial charge is 0.253 e. The number of piperidine rings is 1. The van der Waals surface area contributed by atoms with Crippen LogP contribution < -0.4 is 5.32 Å². The molecule has 4 rings (SSSR count). The monoisotopic (exact) mass is 361 g/mol. The van der Waals surface area contributed by atoms with Crippen molar-refractivity contribution in [1.82, 2.24) is 15.2 Å². The second-order valence-corrected chi connectivity index (χ2v) is 6.82. The van der Waals surface area contributed by atoms with Crippen LogP contribution in [0, 0.1) is 0 Å². The molecule has 0 spiro atoms. The Morgan fingerprint density at radius 2 is 1.78 bits per heavy atom. The molecule has 1 aliphatic rings. The van der Waals surface area contributed by atoms with Crippen LogP contribution in [0.2, 0.25) is 0 Å². The first-order valence-corrected chi connectivity index (χ1v) is 9.36. The minimum absolute atomic E-state index is 0.0920. The summed E-state index contributed by atoms with van der Waals surface area (Å²) in [4.78, 5) is 18.4. The molecule has 138 valence electrons. The maximum Gasteiger partial charge on any atom is 0.253 e. The van der Waals surface area contributed by atoms with Gasteiger partial charge < -0.3 is 14.6 Å². The van der Waals surface area contributed by atoms with Crippen molar-refractivity contribution < 1.29 is 9.21 Å². The first-order valence-electron chi connectivity index (χ1n) is 9.36.